The molecular formula is C20H26ClN3OS. The van der Waals surface area contributed by atoms with E-state index >= 15 is 0 Å². The molecule has 0 bridgehead atoms. The van der Waals surface area contributed by atoms with E-state index < -0.39 is 0 Å². The molecule has 3 fully saturated rings. The van der Waals surface area contributed by atoms with Crippen LogP contribution in [0.15, 0.2) is 18.2 Å². The first-order valence-electron chi connectivity index (χ1n) is 9.56. The third kappa shape index (κ3) is 2.75. The molecule has 0 N–H and O–H groups in total. The molecule has 6 heteroatoms. The van der Waals surface area contributed by atoms with Gasteiger partial charge in [-0.2, -0.15) is 0 Å². The maximum absolute atomic E-state index is 6.16. The maximum Gasteiger partial charge on any atom is 0.186 e. The van der Waals surface area contributed by atoms with E-state index in [-0.39, 0.29) is 0 Å². The molecule has 2 atom stereocenters. The molecule has 2 aliphatic heterocycles. The number of morpholine rings is 1. The number of anilines is 1. The minimum Gasteiger partial charge on any atom is -0.379 e. The molecule has 1 aromatic carbocycles. The Morgan fingerprint density at radius 3 is 2.88 bits per heavy atom. The van der Waals surface area contributed by atoms with Crippen molar-refractivity contribution in [3.63, 3.8) is 0 Å². The Labute approximate surface area is 164 Å². The van der Waals surface area contributed by atoms with Crippen LogP contribution in [0.25, 0.3) is 10.2 Å². The van der Waals surface area contributed by atoms with E-state index in [9.17, 15) is 0 Å². The fourth-order valence-electron chi connectivity index (χ4n) is 5.71. The number of thiazole rings is 1. The molecule has 1 aromatic heterocycles. The molecule has 0 amide bonds. The summed E-state index contributed by atoms with van der Waals surface area (Å²) in [5, 5.41) is 1.95. The predicted octanol–water partition coefficient (Wildman–Crippen LogP) is 4.13. The Morgan fingerprint density at radius 1 is 1.31 bits per heavy atom. The van der Waals surface area contributed by atoms with Gasteiger partial charge in [0.25, 0.3) is 0 Å². The Morgan fingerprint density at radius 2 is 2.12 bits per heavy atom. The van der Waals surface area contributed by atoms with Crippen LogP contribution >= 0.6 is 22.9 Å². The maximum atomic E-state index is 6.16. The van der Waals surface area contributed by atoms with Crippen LogP contribution in [0.3, 0.4) is 0 Å². The highest BCUT2D eigenvalue weighted by Crippen LogP contribution is 2.63. The molecule has 140 valence electrons. The van der Waals surface area contributed by atoms with Crippen molar-refractivity contribution in [2.45, 2.75) is 20.3 Å². The van der Waals surface area contributed by atoms with Gasteiger partial charge in [0.2, 0.25) is 0 Å². The molecule has 5 rings (SSSR count). The van der Waals surface area contributed by atoms with Gasteiger partial charge in [0.1, 0.15) is 0 Å². The number of nitrogens with zero attached hydrogens (tertiary/aromatic N) is 3. The van der Waals surface area contributed by atoms with Crippen molar-refractivity contribution in [1.82, 2.24) is 9.88 Å². The molecule has 0 unspecified atom stereocenters. The topological polar surface area (TPSA) is 28.6 Å². The summed E-state index contributed by atoms with van der Waals surface area (Å²) in [6.45, 7) is 12.3. The average molecular weight is 392 g/mol. The smallest absolute Gasteiger partial charge is 0.186 e. The Balaban J connectivity index is 1.41. The SMILES string of the molecule is CC1(C)C[C@]2(CN3CCOCC3)CN(c3nc4ccc(Cl)cc4s3)C[C@H]12. The van der Waals surface area contributed by atoms with E-state index in [0.29, 0.717) is 10.8 Å². The lowest BCUT2D eigenvalue weighted by Crippen LogP contribution is -2.59. The van der Waals surface area contributed by atoms with Crippen LogP contribution in [0.1, 0.15) is 20.3 Å². The fraction of sp³-hybridized carbons (Fsp3) is 0.650. The summed E-state index contributed by atoms with van der Waals surface area (Å²) in [6.07, 6.45) is 1.31. The second-order valence-electron chi connectivity index (χ2n) is 8.96. The molecule has 2 aromatic rings. The van der Waals surface area contributed by atoms with Crippen molar-refractivity contribution in [3.05, 3.63) is 23.2 Å². The second-order valence-corrected chi connectivity index (χ2v) is 10.4. The molecule has 4 nitrogen and oxygen atoms in total. The standard InChI is InChI=1S/C20H26ClN3OS/c1-19(2)11-20(12-23-5-7-25-8-6-23)13-24(10-17(19)20)18-22-15-4-3-14(21)9-16(15)26-18/h3-4,9,17H,5-8,10-13H2,1-2H3/t17-,20+/m1/s1. The minimum absolute atomic E-state index is 0.413. The van der Waals surface area contributed by atoms with Crippen LogP contribution in [0.2, 0.25) is 5.02 Å². The molecule has 2 saturated heterocycles. The van der Waals surface area contributed by atoms with E-state index in [1.807, 2.05) is 18.2 Å². The molecule has 0 spiro atoms. The highest BCUT2D eigenvalue weighted by molar-refractivity contribution is 7.22. The average Bonchev–Trinajstić information content (AvgIpc) is 3.14. The first-order valence-corrected chi connectivity index (χ1v) is 10.8. The van der Waals surface area contributed by atoms with Gasteiger partial charge in [-0.15, -0.1) is 0 Å². The van der Waals surface area contributed by atoms with Crippen molar-refractivity contribution in [1.29, 1.82) is 0 Å². The molecule has 0 radical (unpaired) electrons. The summed E-state index contributed by atoms with van der Waals surface area (Å²) in [5.74, 6) is 0.744. The van der Waals surface area contributed by atoms with E-state index in [0.717, 1.165) is 61.0 Å². The monoisotopic (exact) mass is 391 g/mol. The summed E-state index contributed by atoms with van der Waals surface area (Å²) >= 11 is 7.94. The molecular weight excluding hydrogens is 366 g/mol. The Bertz CT molecular complexity index is 832. The molecule has 3 aliphatic rings. The van der Waals surface area contributed by atoms with Gasteiger partial charge in [-0.05, 0) is 36.0 Å². The number of fused-ring (bicyclic) bond motifs is 2. The van der Waals surface area contributed by atoms with Crippen LogP contribution < -0.4 is 4.90 Å². The summed E-state index contributed by atoms with van der Waals surface area (Å²) in [6, 6.07) is 6.01. The Hall–Kier alpha value is -0.880. The van der Waals surface area contributed by atoms with Crippen LogP contribution in [0, 0.1) is 16.7 Å². The summed E-state index contributed by atoms with van der Waals surface area (Å²) < 4.78 is 6.73. The van der Waals surface area contributed by atoms with Crippen molar-refractivity contribution in [3.8, 4) is 0 Å². The second kappa shape index (κ2) is 6.06. The van der Waals surface area contributed by atoms with Crippen molar-refractivity contribution >= 4 is 38.3 Å². The van der Waals surface area contributed by atoms with Crippen molar-refractivity contribution < 1.29 is 4.74 Å². The van der Waals surface area contributed by atoms with Gasteiger partial charge in [0.05, 0.1) is 23.4 Å². The number of halogens is 1. The predicted molar refractivity (Wildman–Crippen MR) is 108 cm³/mol. The zero-order chi connectivity index (χ0) is 17.9. The van der Waals surface area contributed by atoms with Crippen molar-refractivity contribution in [2.75, 3.05) is 50.8 Å². The van der Waals surface area contributed by atoms with Gasteiger partial charge >= 0.3 is 0 Å². The van der Waals surface area contributed by atoms with E-state index in [1.54, 1.807) is 11.3 Å². The number of ether oxygens (including phenoxy) is 1. The summed E-state index contributed by atoms with van der Waals surface area (Å²) in [7, 11) is 0. The van der Waals surface area contributed by atoms with Gasteiger partial charge in [0, 0.05) is 43.2 Å². The highest BCUT2D eigenvalue weighted by Gasteiger charge is 2.63. The van der Waals surface area contributed by atoms with Crippen molar-refractivity contribution in [2.24, 2.45) is 16.7 Å². The van der Waals surface area contributed by atoms with Gasteiger partial charge in [-0.3, -0.25) is 4.90 Å². The van der Waals surface area contributed by atoms with Crippen LogP contribution in [0.4, 0.5) is 5.13 Å². The first-order chi connectivity index (χ1) is 12.5. The molecule has 26 heavy (non-hydrogen) atoms. The molecule has 3 heterocycles. The number of aromatic nitrogens is 1. The van der Waals surface area contributed by atoms with Gasteiger partial charge in [0.15, 0.2) is 5.13 Å². The third-order valence-corrected chi connectivity index (χ3v) is 7.96. The van der Waals surface area contributed by atoms with Crippen LogP contribution in [-0.4, -0.2) is 55.8 Å². The normalized spacial score (nSPS) is 31.2. The lowest BCUT2D eigenvalue weighted by Gasteiger charge is -2.58. The van der Waals surface area contributed by atoms with Crippen LogP contribution in [0.5, 0.6) is 0 Å². The highest BCUT2D eigenvalue weighted by atomic mass is 35.5. The number of benzene rings is 1. The van der Waals surface area contributed by atoms with Gasteiger partial charge in [-0.1, -0.05) is 36.8 Å². The quantitative estimate of drug-likeness (QED) is 0.786. The summed E-state index contributed by atoms with van der Waals surface area (Å²) in [4.78, 5) is 10.1. The van der Waals surface area contributed by atoms with Gasteiger partial charge < -0.3 is 9.64 Å². The minimum atomic E-state index is 0.413. The third-order valence-electron chi connectivity index (χ3n) is 6.65. The van der Waals surface area contributed by atoms with Crippen LogP contribution in [-0.2, 0) is 4.74 Å². The molecule has 1 saturated carbocycles. The van der Waals surface area contributed by atoms with E-state index in [1.165, 1.54) is 17.7 Å². The lowest BCUT2D eigenvalue weighted by molar-refractivity contribution is -0.0963. The number of hydrogen-bond donors (Lipinski definition) is 0. The Kier molecular flexibility index (Phi) is 4.02. The lowest BCUT2D eigenvalue weighted by atomic mass is 9.48. The zero-order valence-corrected chi connectivity index (χ0v) is 17.1. The fourth-order valence-corrected chi connectivity index (χ4v) is 6.96. The largest absolute Gasteiger partial charge is 0.379 e. The summed E-state index contributed by atoms with van der Waals surface area (Å²) in [5.41, 5.74) is 1.91. The van der Waals surface area contributed by atoms with Gasteiger partial charge in [-0.25, -0.2) is 4.98 Å². The molecule has 1 aliphatic carbocycles. The first kappa shape index (κ1) is 17.2. The zero-order valence-electron chi connectivity index (χ0n) is 15.5. The van der Waals surface area contributed by atoms with E-state index in [4.69, 9.17) is 21.3 Å². The number of rotatable bonds is 3. The number of hydrogen-bond acceptors (Lipinski definition) is 5. The van der Waals surface area contributed by atoms with E-state index in [2.05, 4.69) is 23.6 Å².